The molecule has 2 unspecified atom stereocenters. The summed E-state index contributed by atoms with van der Waals surface area (Å²) in [5.74, 6) is -0.341. The number of hydrogen-bond donors (Lipinski definition) is 5. The lowest BCUT2D eigenvalue weighted by molar-refractivity contribution is -0.137. The van der Waals surface area contributed by atoms with Gasteiger partial charge in [-0.25, -0.2) is 0 Å². The molecular formula is C25H50N4O4. The van der Waals surface area contributed by atoms with Crippen molar-refractivity contribution < 1.29 is 19.5 Å². The summed E-state index contributed by atoms with van der Waals surface area (Å²) in [5.41, 5.74) is 3.65. The molecule has 33 heavy (non-hydrogen) atoms. The van der Waals surface area contributed by atoms with E-state index in [1.807, 2.05) is 27.7 Å². The Labute approximate surface area is 201 Å². The standard InChI is InChI=1S/C25H50N4O4/c1-18(2)27-15-11-9-13-19(26)21(31)23(3,4)25(7,8)29-16-12-10-14-20(28-17-30)22(32)24(5,6)33/h17-20,27,29,33H,9-16,26H2,1-8H3,(H,28,30). The van der Waals surface area contributed by atoms with E-state index in [1.165, 1.54) is 13.8 Å². The number of amides is 1. The van der Waals surface area contributed by atoms with Gasteiger partial charge in [-0.05, 0) is 72.9 Å². The molecule has 1 amide bonds. The fourth-order valence-electron chi connectivity index (χ4n) is 3.68. The lowest BCUT2D eigenvalue weighted by Gasteiger charge is -2.42. The topological polar surface area (TPSA) is 134 Å². The predicted molar refractivity (Wildman–Crippen MR) is 134 cm³/mol. The molecule has 0 aromatic carbocycles. The Kier molecular flexibility index (Phi) is 13.6. The van der Waals surface area contributed by atoms with Crippen molar-refractivity contribution in [2.45, 2.75) is 123 Å². The summed E-state index contributed by atoms with van der Waals surface area (Å²) in [7, 11) is 0. The zero-order chi connectivity index (χ0) is 25.9. The fraction of sp³-hybridized carbons (Fsp3) is 0.880. The number of ketones is 2. The SMILES string of the molecule is CC(C)NCCCCC(N)C(=O)C(C)(C)C(C)(C)NCCCCC(NC=O)C(=O)C(C)(C)O. The highest BCUT2D eigenvalue weighted by atomic mass is 16.3. The van der Waals surface area contributed by atoms with Gasteiger partial charge in [0.1, 0.15) is 5.60 Å². The van der Waals surface area contributed by atoms with Crippen LogP contribution in [0.5, 0.6) is 0 Å². The van der Waals surface area contributed by atoms with Gasteiger partial charge in [-0.2, -0.15) is 0 Å². The molecule has 0 aliphatic heterocycles. The van der Waals surface area contributed by atoms with Gasteiger partial charge >= 0.3 is 0 Å². The van der Waals surface area contributed by atoms with Crippen LogP contribution >= 0.6 is 0 Å². The number of Topliss-reactive ketones (excluding diaryl/α,β-unsaturated/α-hetero) is 2. The van der Waals surface area contributed by atoms with Gasteiger partial charge in [-0.3, -0.25) is 14.4 Å². The number of carbonyl (C=O) groups excluding carboxylic acids is 3. The van der Waals surface area contributed by atoms with E-state index in [0.29, 0.717) is 38.3 Å². The summed E-state index contributed by atoms with van der Waals surface area (Å²) >= 11 is 0. The van der Waals surface area contributed by atoms with E-state index in [0.717, 1.165) is 25.8 Å². The van der Waals surface area contributed by atoms with E-state index < -0.39 is 34.4 Å². The second kappa shape index (κ2) is 14.1. The molecule has 194 valence electrons. The lowest BCUT2D eigenvalue weighted by atomic mass is 9.69. The Bertz CT molecular complexity index is 612. The molecule has 0 aliphatic rings. The minimum atomic E-state index is -1.49. The normalized spacial score (nSPS) is 14.8. The quantitative estimate of drug-likeness (QED) is 0.144. The van der Waals surface area contributed by atoms with E-state index in [4.69, 9.17) is 5.73 Å². The minimum absolute atomic E-state index is 0.0582. The van der Waals surface area contributed by atoms with Gasteiger partial charge in [0.2, 0.25) is 6.41 Å². The molecule has 0 bridgehead atoms. The average molecular weight is 471 g/mol. The highest BCUT2D eigenvalue weighted by Gasteiger charge is 2.44. The predicted octanol–water partition coefficient (Wildman–Crippen LogP) is 2.07. The molecule has 0 heterocycles. The molecule has 0 aromatic heterocycles. The maximum atomic E-state index is 13.1. The van der Waals surface area contributed by atoms with E-state index in [2.05, 4.69) is 29.8 Å². The van der Waals surface area contributed by atoms with Gasteiger partial charge in [0, 0.05) is 17.0 Å². The van der Waals surface area contributed by atoms with E-state index in [-0.39, 0.29) is 5.78 Å². The van der Waals surface area contributed by atoms with Crippen LogP contribution in [0.2, 0.25) is 0 Å². The third kappa shape index (κ3) is 11.1. The molecule has 2 atom stereocenters. The molecule has 0 spiro atoms. The molecule has 8 heteroatoms. The first-order chi connectivity index (χ1) is 15.1. The zero-order valence-corrected chi connectivity index (χ0v) is 22.2. The first kappa shape index (κ1) is 31.6. The van der Waals surface area contributed by atoms with Gasteiger partial charge < -0.3 is 26.8 Å². The third-order valence-electron chi connectivity index (χ3n) is 6.68. The van der Waals surface area contributed by atoms with Crippen LogP contribution in [0.1, 0.15) is 93.9 Å². The van der Waals surface area contributed by atoms with Crippen molar-refractivity contribution in [3.63, 3.8) is 0 Å². The minimum Gasteiger partial charge on any atom is -0.383 e. The maximum Gasteiger partial charge on any atom is 0.207 e. The lowest BCUT2D eigenvalue weighted by Crippen LogP contribution is -2.58. The molecule has 0 fully saturated rings. The zero-order valence-electron chi connectivity index (χ0n) is 22.2. The number of carbonyl (C=O) groups is 3. The molecule has 0 saturated heterocycles. The van der Waals surface area contributed by atoms with Crippen LogP contribution < -0.4 is 21.7 Å². The van der Waals surface area contributed by atoms with E-state index >= 15 is 0 Å². The van der Waals surface area contributed by atoms with Gasteiger partial charge in [0.05, 0.1) is 12.1 Å². The third-order valence-corrected chi connectivity index (χ3v) is 6.68. The summed E-state index contributed by atoms with van der Waals surface area (Å²) in [6.07, 6.45) is 4.98. The largest absolute Gasteiger partial charge is 0.383 e. The van der Waals surface area contributed by atoms with Crippen LogP contribution in [0.15, 0.2) is 0 Å². The van der Waals surface area contributed by atoms with Gasteiger partial charge in [-0.1, -0.05) is 34.1 Å². The molecule has 6 N–H and O–H groups in total. The number of nitrogens with one attached hydrogen (secondary N) is 3. The number of unbranched alkanes of at least 4 members (excludes halogenated alkanes) is 2. The number of aliphatic hydroxyl groups is 1. The van der Waals surface area contributed by atoms with Crippen molar-refractivity contribution in [2.24, 2.45) is 11.1 Å². The number of hydrogen-bond acceptors (Lipinski definition) is 7. The van der Waals surface area contributed by atoms with Crippen LogP contribution in [-0.2, 0) is 14.4 Å². The van der Waals surface area contributed by atoms with Gasteiger partial charge in [0.25, 0.3) is 0 Å². The van der Waals surface area contributed by atoms with Crippen molar-refractivity contribution in [1.29, 1.82) is 0 Å². The summed E-state index contributed by atoms with van der Waals surface area (Å²) in [6, 6.07) is -0.731. The first-order valence-electron chi connectivity index (χ1n) is 12.3. The molecular weight excluding hydrogens is 420 g/mol. The summed E-state index contributed by atoms with van der Waals surface area (Å²) in [4.78, 5) is 36.2. The van der Waals surface area contributed by atoms with Crippen LogP contribution in [0, 0.1) is 5.41 Å². The van der Waals surface area contributed by atoms with Crippen molar-refractivity contribution in [3.05, 3.63) is 0 Å². The Morgan fingerprint density at radius 3 is 1.97 bits per heavy atom. The fourth-order valence-corrected chi connectivity index (χ4v) is 3.68. The van der Waals surface area contributed by atoms with Gasteiger partial charge in [0.15, 0.2) is 11.6 Å². The Balaban J connectivity index is 4.61. The molecule has 0 rings (SSSR count). The average Bonchev–Trinajstić information content (AvgIpc) is 2.69. The Morgan fingerprint density at radius 2 is 1.45 bits per heavy atom. The number of nitrogens with two attached hydrogens (primary N) is 1. The van der Waals surface area contributed by atoms with Crippen molar-refractivity contribution in [2.75, 3.05) is 13.1 Å². The highest BCUT2D eigenvalue weighted by Crippen LogP contribution is 2.33. The summed E-state index contributed by atoms with van der Waals surface area (Å²) < 4.78 is 0. The second-order valence-corrected chi connectivity index (χ2v) is 11.0. The van der Waals surface area contributed by atoms with E-state index in [1.54, 1.807) is 0 Å². The van der Waals surface area contributed by atoms with Crippen LogP contribution in [0.4, 0.5) is 0 Å². The highest BCUT2D eigenvalue weighted by molar-refractivity contribution is 5.92. The summed E-state index contributed by atoms with van der Waals surface area (Å²) in [6.45, 7) is 16.6. The van der Waals surface area contributed by atoms with Crippen molar-refractivity contribution >= 4 is 18.0 Å². The molecule has 0 aromatic rings. The molecule has 0 aliphatic carbocycles. The Morgan fingerprint density at radius 1 is 0.909 bits per heavy atom. The summed E-state index contributed by atoms with van der Waals surface area (Å²) in [5, 5.41) is 19.3. The van der Waals surface area contributed by atoms with Crippen LogP contribution in [-0.4, -0.2) is 65.4 Å². The molecule has 8 nitrogen and oxygen atoms in total. The molecule has 0 radical (unpaired) electrons. The van der Waals surface area contributed by atoms with Crippen LogP contribution in [0.3, 0.4) is 0 Å². The van der Waals surface area contributed by atoms with E-state index in [9.17, 15) is 19.5 Å². The molecule has 0 saturated carbocycles. The van der Waals surface area contributed by atoms with Crippen LogP contribution in [0.25, 0.3) is 0 Å². The first-order valence-corrected chi connectivity index (χ1v) is 12.3. The number of rotatable bonds is 19. The van der Waals surface area contributed by atoms with Crippen molar-refractivity contribution in [3.8, 4) is 0 Å². The maximum absolute atomic E-state index is 13.1. The van der Waals surface area contributed by atoms with Crippen molar-refractivity contribution in [1.82, 2.24) is 16.0 Å². The van der Waals surface area contributed by atoms with Gasteiger partial charge in [-0.15, -0.1) is 0 Å². The monoisotopic (exact) mass is 470 g/mol. The second-order valence-electron chi connectivity index (χ2n) is 11.0. The smallest absolute Gasteiger partial charge is 0.207 e. The Hall–Kier alpha value is -1.35.